The van der Waals surface area contributed by atoms with E-state index in [2.05, 4.69) is 35.8 Å². The number of carbonyl (C=O) groups is 1. The SMILES string of the molecule is CC1CN(CCCC(=O)Nc2ccc(N)cc2)CC(C)S1. The van der Waals surface area contributed by atoms with Crippen LogP contribution in [-0.2, 0) is 4.79 Å². The first-order valence-corrected chi connectivity index (χ1v) is 8.50. The van der Waals surface area contributed by atoms with Gasteiger partial charge in [0.25, 0.3) is 0 Å². The van der Waals surface area contributed by atoms with E-state index in [-0.39, 0.29) is 5.91 Å². The van der Waals surface area contributed by atoms with Crippen molar-refractivity contribution >= 4 is 29.0 Å². The van der Waals surface area contributed by atoms with Gasteiger partial charge in [-0.15, -0.1) is 0 Å². The first-order chi connectivity index (χ1) is 10.0. The van der Waals surface area contributed by atoms with Crippen molar-refractivity contribution in [3.63, 3.8) is 0 Å². The minimum absolute atomic E-state index is 0.0762. The number of carbonyl (C=O) groups excluding carboxylic acids is 1. The van der Waals surface area contributed by atoms with Crippen molar-refractivity contribution in [2.45, 2.75) is 37.2 Å². The lowest BCUT2D eigenvalue weighted by atomic mass is 10.2. The molecule has 0 saturated carbocycles. The van der Waals surface area contributed by atoms with Crippen LogP contribution in [0.3, 0.4) is 0 Å². The average molecular weight is 307 g/mol. The molecule has 1 aromatic carbocycles. The molecule has 1 fully saturated rings. The van der Waals surface area contributed by atoms with E-state index in [4.69, 9.17) is 5.73 Å². The van der Waals surface area contributed by atoms with E-state index in [1.54, 1.807) is 12.1 Å². The van der Waals surface area contributed by atoms with Crippen molar-refractivity contribution in [1.29, 1.82) is 0 Å². The van der Waals surface area contributed by atoms with Crippen LogP contribution in [0.1, 0.15) is 26.7 Å². The van der Waals surface area contributed by atoms with Gasteiger partial charge >= 0.3 is 0 Å². The molecule has 0 aromatic heterocycles. The predicted molar refractivity (Wildman–Crippen MR) is 91.7 cm³/mol. The number of nitrogens with two attached hydrogens (primary N) is 1. The zero-order valence-corrected chi connectivity index (χ0v) is 13.7. The zero-order chi connectivity index (χ0) is 15.2. The second-order valence-electron chi connectivity index (χ2n) is 5.79. The van der Waals surface area contributed by atoms with Gasteiger partial charge in [0.1, 0.15) is 0 Å². The molecule has 116 valence electrons. The van der Waals surface area contributed by atoms with Gasteiger partial charge in [-0.25, -0.2) is 0 Å². The fourth-order valence-corrected chi connectivity index (χ4v) is 4.11. The van der Waals surface area contributed by atoms with E-state index in [0.29, 0.717) is 22.6 Å². The lowest BCUT2D eigenvalue weighted by Gasteiger charge is -2.34. The van der Waals surface area contributed by atoms with Crippen LogP contribution >= 0.6 is 11.8 Å². The first-order valence-electron chi connectivity index (χ1n) is 7.56. The molecule has 3 N–H and O–H groups in total. The fraction of sp³-hybridized carbons (Fsp3) is 0.562. The molecular formula is C16H25N3OS. The van der Waals surface area contributed by atoms with E-state index >= 15 is 0 Å². The third-order valence-corrected chi connectivity index (χ3v) is 4.80. The van der Waals surface area contributed by atoms with Crippen LogP contribution < -0.4 is 11.1 Å². The Bertz CT molecular complexity index is 453. The van der Waals surface area contributed by atoms with Crippen molar-refractivity contribution in [2.24, 2.45) is 0 Å². The van der Waals surface area contributed by atoms with Gasteiger partial charge < -0.3 is 16.0 Å². The summed E-state index contributed by atoms with van der Waals surface area (Å²) in [4.78, 5) is 14.4. The van der Waals surface area contributed by atoms with Gasteiger partial charge in [-0.3, -0.25) is 4.79 Å². The van der Waals surface area contributed by atoms with Crippen LogP contribution in [0.5, 0.6) is 0 Å². The molecule has 2 rings (SSSR count). The van der Waals surface area contributed by atoms with E-state index in [1.165, 1.54) is 0 Å². The van der Waals surface area contributed by atoms with Gasteiger partial charge in [0.2, 0.25) is 5.91 Å². The normalized spacial score (nSPS) is 23.0. The summed E-state index contributed by atoms with van der Waals surface area (Å²) in [5.41, 5.74) is 7.14. The molecule has 0 aliphatic carbocycles. The lowest BCUT2D eigenvalue weighted by Crippen LogP contribution is -2.40. The van der Waals surface area contributed by atoms with Gasteiger partial charge in [0.05, 0.1) is 0 Å². The number of benzene rings is 1. The molecule has 1 aliphatic heterocycles. The minimum Gasteiger partial charge on any atom is -0.399 e. The molecule has 5 heteroatoms. The molecule has 0 spiro atoms. The van der Waals surface area contributed by atoms with Crippen molar-refractivity contribution < 1.29 is 4.79 Å². The monoisotopic (exact) mass is 307 g/mol. The molecule has 2 atom stereocenters. The Labute approximate surface area is 131 Å². The number of hydrogen-bond donors (Lipinski definition) is 2. The summed E-state index contributed by atoms with van der Waals surface area (Å²) in [7, 11) is 0. The highest BCUT2D eigenvalue weighted by Gasteiger charge is 2.21. The van der Waals surface area contributed by atoms with Gasteiger partial charge in [0, 0.05) is 41.4 Å². The highest BCUT2D eigenvalue weighted by Crippen LogP contribution is 2.24. The van der Waals surface area contributed by atoms with Crippen LogP contribution in [0.2, 0.25) is 0 Å². The van der Waals surface area contributed by atoms with Crippen LogP contribution in [0, 0.1) is 0 Å². The Balaban J connectivity index is 1.68. The highest BCUT2D eigenvalue weighted by molar-refractivity contribution is 8.00. The molecule has 1 saturated heterocycles. The van der Waals surface area contributed by atoms with E-state index < -0.39 is 0 Å². The third kappa shape index (κ3) is 5.59. The van der Waals surface area contributed by atoms with E-state index in [9.17, 15) is 4.79 Å². The zero-order valence-electron chi connectivity index (χ0n) is 12.8. The summed E-state index contributed by atoms with van der Waals surface area (Å²) in [6.07, 6.45) is 1.47. The number of anilines is 2. The summed E-state index contributed by atoms with van der Waals surface area (Å²) in [5, 5.41) is 4.29. The molecule has 21 heavy (non-hydrogen) atoms. The predicted octanol–water partition coefficient (Wildman–Crippen LogP) is 2.81. The Morgan fingerprint density at radius 1 is 1.29 bits per heavy atom. The third-order valence-electron chi connectivity index (χ3n) is 3.57. The molecule has 1 aromatic rings. The van der Waals surface area contributed by atoms with Gasteiger partial charge in [-0.05, 0) is 37.2 Å². The van der Waals surface area contributed by atoms with E-state index in [0.717, 1.165) is 31.7 Å². The van der Waals surface area contributed by atoms with Crippen molar-refractivity contribution in [3.8, 4) is 0 Å². The molecule has 1 amide bonds. The van der Waals surface area contributed by atoms with Crippen LogP contribution in [-0.4, -0.2) is 40.9 Å². The lowest BCUT2D eigenvalue weighted by molar-refractivity contribution is -0.116. The minimum atomic E-state index is 0.0762. The second-order valence-corrected chi connectivity index (χ2v) is 7.67. The Kier molecular flexibility index (Phi) is 5.94. The smallest absolute Gasteiger partial charge is 0.224 e. The number of hydrogen-bond acceptors (Lipinski definition) is 4. The molecule has 4 nitrogen and oxygen atoms in total. The summed E-state index contributed by atoms with van der Waals surface area (Å²) in [6.45, 7) is 7.83. The number of thioether (sulfide) groups is 1. The number of nitrogens with one attached hydrogen (secondary N) is 1. The van der Waals surface area contributed by atoms with E-state index in [1.807, 2.05) is 12.1 Å². The standard InChI is InChI=1S/C16H25N3OS/c1-12-10-19(11-13(2)21-12)9-3-4-16(20)18-15-7-5-14(17)6-8-15/h5-8,12-13H,3-4,9-11,17H2,1-2H3,(H,18,20). The molecule has 0 radical (unpaired) electrons. The number of amides is 1. The number of nitrogens with zero attached hydrogens (tertiary/aromatic N) is 1. The van der Waals surface area contributed by atoms with Gasteiger partial charge in [-0.2, -0.15) is 11.8 Å². The van der Waals surface area contributed by atoms with Crippen molar-refractivity contribution in [3.05, 3.63) is 24.3 Å². The maximum atomic E-state index is 11.9. The highest BCUT2D eigenvalue weighted by atomic mass is 32.2. The largest absolute Gasteiger partial charge is 0.399 e. The Morgan fingerprint density at radius 2 is 1.90 bits per heavy atom. The average Bonchev–Trinajstić information content (AvgIpc) is 2.40. The summed E-state index contributed by atoms with van der Waals surface area (Å²) in [6, 6.07) is 7.25. The first kappa shape index (κ1) is 16.2. The summed E-state index contributed by atoms with van der Waals surface area (Å²) < 4.78 is 0. The maximum absolute atomic E-state index is 11.9. The quantitative estimate of drug-likeness (QED) is 0.821. The maximum Gasteiger partial charge on any atom is 0.224 e. The molecule has 2 unspecified atom stereocenters. The molecule has 1 heterocycles. The summed E-state index contributed by atoms with van der Waals surface area (Å²) in [5.74, 6) is 0.0762. The van der Waals surface area contributed by atoms with Gasteiger partial charge in [0.15, 0.2) is 0 Å². The Morgan fingerprint density at radius 3 is 2.52 bits per heavy atom. The molecule has 0 bridgehead atoms. The van der Waals surface area contributed by atoms with Crippen molar-refractivity contribution in [1.82, 2.24) is 4.90 Å². The second kappa shape index (κ2) is 7.71. The van der Waals surface area contributed by atoms with Gasteiger partial charge in [-0.1, -0.05) is 13.8 Å². The number of nitrogen functional groups attached to an aromatic ring is 1. The van der Waals surface area contributed by atoms with Crippen LogP contribution in [0.4, 0.5) is 11.4 Å². The topological polar surface area (TPSA) is 58.4 Å². The molecular weight excluding hydrogens is 282 g/mol. The fourth-order valence-electron chi connectivity index (χ4n) is 2.72. The van der Waals surface area contributed by atoms with Crippen LogP contribution in [0.15, 0.2) is 24.3 Å². The Hall–Kier alpha value is -1.20. The molecule has 1 aliphatic rings. The van der Waals surface area contributed by atoms with Crippen LogP contribution in [0.25, 0.3) is 0 Å². The summed E-state index contributed by atoms with van der Waals surface area (Å²) >= 11 is 2.06. The number of rotatable bonds is 5. The van der Waals surface area contributed by atoms with Crippen molar-refractivity contribution in [2.75, 3.05) is 30.7 Å².